The Balaban J connectivity index is 4.81. The van der Waals surface area contributed by atoms with Crippen LogP contribution in [0.2, 0.25) is 0 Å². The number of carboxylic acids is 1. The van der Waals surface area contributed by atoms with Crippen LogP contribution in [0.1, 0.15) is 0 Å². The molecule has 7 heteroatoms. The van der Waals surface area contributed by atoms with E-state index < -0.39 is 30.4 Å². The normalized spacial score (nSPS) is 20.0. The van der Waals surface area contributed by atoms with Crippen LogP contribution in [0.3, 0.4) is 0 Å². The molecular weight excluding hydrogens is 184 g/mol. The van der Waals surface area contributed by atoms with Crippen molar-refractivity contribution in [2.75, 3.05) is 6.61 Å². The fourth-order valence-electron chi connectivity index (χ4n) is 0.673. The van der Waals surface area contributed by atoms with Gasteiger partial charge in [-0.2, -0.15) is 0 Å². The highest BCUT2D eigenvalue weighted by Crippen LogP contribution is 2.14. The second-order valence-corrected chi connectivity index (χ2v) is 2.47. The highest BCUT2D eigenvalue weighted by atomic mass is 16.4. The minimum Gasteiger partial charge on any atom is -0.479 e. The van der Waals surface area contributed by atoms with E-state index >= 15 is 0 Å². The third-order valence-corrected chi connectivity index (χ3v) is 1.60. The van der Waals surface area contributed by atoms with Crippen molar-refractivity contribution >= 4 is 12.3 Å². The third-order valence-electron chi connectivity index (χ3n) is 1.60. The van der Waals surface area contributed by atoms with E-state index in [4.69, 9.17) is 25.5 Å². The van der Waals surface area contributed by atoms with Crippen LogP contribution in [-0.2, 0) is 9.59 Å². The van der Waals surface area contributed by atoms with E-state index in [1.54, 1.807) is 0 Å². The molecule has 0 amide bonds. The van der Waals surface area contributed by atoms with Crippen molar-refractivity contribution in [2.45, 2.75) is 17.8 Å². The van der Waals surface area contributed by atoms with Crippen LogP contribution in [0.15, 0.2) is 0 Å². The lowest BCUT2D eigenvalue weighted by Crippen LogP contribution is -2.58. The van der Waals surface area contributed by atoms with Crippen LogP contribution in [-0.4, -0.2) is 62.2 Å². The first-order valence-electron chi connectivity index (χ1n) is 3.27. The first kappa shape index (κ1) is 12.0. The van der Waals surface area contributed by atoms with Crippen LogP contribution >= 0.6 is 0 Å². The molecule has 13 heavy (non-hydrogen) atoms. The Morgan fingerprint density at radius 2 is 1.92 bits per heavy atom. The van der Waals surface area contributed by atoms with Gasteiger partial charge in [0.15, 0.2) is 18.0 Å². The molecule has 0 saturated heterocycles. The van der Waals surface area contributed by atoms with Gasteiger partial charge in [-0.25, -0.2) is 4.79 Å². The first-order chi connectivity index (χ1) is 5.90. The molecule has 3 atom stereocenters. The van der Waals surface area contributed by atoms with Crippen LogP contribution in [0.4, 0.5) is 0 Å². The fourth-order valence-corrected chi connectivity index (χ4v) is 0.673. The number of rotatable bonds is 5. The van der Waals surface area contributed by atoms with Crippen molar-refractivity contribution in [1.82, 2.24) is 0 Å². The van der Waals surface area contributed by atoms with Gasteiger partial charge < -0.3 is 30.3 Å². The Hall–Kier alpha value is -1.02. The molecule has 5 N–H and O–H groups in total. The summed E-state index contributed by atoms with van der Waals surface area (Å²) in [5, 5.41) is 43.5. The molecule has 0 heterocycles. The van der Waals surface area contributed by atoms with E-state index in [-0.39, 0.29) is 6.29 Å². The maximum atomic E-state index is 10.2. The summed E-state index contributed by atoms with van der Waals surface area (Å²) in [6, 6.07) is 0. The summed E-state index contributed by atoms with van der Waals surface area (Å²) in [5.74, 6) is -1.85. The average Bonchev–Trinajstić information content (AvgIpc) is 2.13. The number of aliphatic hydroxyl groups is 4. The number of hydrogen-bond acceptors (Lipinski definition) is 6. The topological polar surface area (TPSA) is 135 Å². The predicted octanol–water partition coefficient (Wildman–Crippen LogP) is -3.28. The summed E-state index contributed by atoms with van der Waals surface area (Å²) >= 11 is 0. The van der Waals surface area contributed by atoms with E-state index in [0.29, 0.717) is 0 Å². The molecule has 0 spiro atoms. The molecule has 0 aromatic carbocycles. The molecule has 7 nitrogen and oxygen atoms in total. The van der Waals surface area contributed by atoms with Crippen molar-refractivity contribution in [1.29, 1.82) is 0 Å². The number of carboxylic acid groups (broad SMARTS) is 1. The Labute approximate surface area is 72.9 Å². The summed E-state index contributed by atoms with van der Waals surface area (Å²) in [7, 11) is 0. The molecular formula is C6H10O7. The van der Waals surface area contributed by atoms with E-state index in [1.807, 2.05) is 0 Å². The number of carbonyl (C=O) groups is 2. The van der Waals surface area contributed by atoms with Gasteiger partial charge in [-0.3, -0.25) is 0 Å². The Morgan fingerprint density at radius 1 is 1.46 bits per heavy atom. The van der Waals surface area contributed by atoms with Gasteiger partial charge in [0, 0.05) is 0 Å². The minimum absolute atomic E-state index is 0.178. The zero-order valence-electron chi connectivity index (χ0n) is 6.49. The quantitative estimate of drug-likeness (QED) is 0.289. The molecule has 0 unspecified atom stereocenters. The maximum Gasteiger partial charge on any atom is 0.335 e. The van der Waals surface area contributed by atoms with Crippen LogP contribution in [0, 0.1) is 0 Å². The van der Waals surface area contributed by atoms with Crippen LogP contribution < -0.4 is 0 Å². The van der Waals surface area contributed by atoms with Crippen molar-refractivity contribution in [3.8, 4) is 0 Å². The summed E-state index contributed by atoms with van der Waals surface area (Å²) in [6.45, 7) is -1.25. The van der Waals surface area contributed by atoms with Crippen molar-refractivity contribution in [3.63, 3.8) is 0 Å². The highest BCUT2D eigenvalue weighted by molar-refractivity contribution is 5.75. The summed E-state index contributed by atoms with van der Waals surface area (Å²) < 4.78 is 0. The molecule has 0 aromatic rings. The van der Waals surface area contributed by atoms with E-state index in [1.165, 1.54) is 0 Å². The molecule has 0 aromatic heterocycles. The molecule has 0 aliphatic rings. The smallest absolute Gasteiger partial charge is 0.335 e. The first-order valence-corrected chi connectivity index (χ1v) is 3.27. The molecule has 0 aliphatic carbocycles. The second kappa shape index (κ2) is 4.28. The zero-order chi connectivity index (χ0) is 10.6. The largest absolute Gasteiger partial charge is 0.479 e. The third kappa shape index (κ3) is 2.22. The molecule has 0 bridgehead atoms. The minimum atomic E-state index is -2.77. The van der Waals surface area contributed by atoms with E-state index in [2.05, 4.69) is 0 Å². The van der Waals surface area contributed by atoms with Crippen LogP contribution in [0.25, 0.3) is 0 Å². The van der Waals surface area contributed by atoms with Gasteiger partial charge in [-0.15, -0.1) is 0 Å². The van der Waals surface area contributed by atoms with Gasteiger partial charge in [0.1, 0.15) is 6.10 Å². The van der Waals surface area contributed by atoms with Gasteiger partial charge in [-0.05, 0) is 0 Å². The lowest BCUT2D eigenvalue weighted by atomic mass is 9.92. The molecule has 76 valence electrons. The van der Waals surface area contributed by atoms with Gasteiger partial charge in [0.25, 0.3) is 0 Å². The molecule has 0 aliphatic heterocycles. The summed E-state index contributed by atoms with van der Waals surface area (Å²) in [4.78, 5) is 20.2. The monoisotopic (exact) mass is 194 g/mol. The van der Waals surface area contributed by atoms with Crippen molar-refractivity contribution < 1.29 is 35.1 Å². The van der Waals surface area contributed by atoms with Gasteiger partial charge in [-0.1, -0.05) is 0 Å². The SMILES string of the molecule is O=C[C@H](O)[C@@](O)(CO)[C@H](O)C(=O)O. The number of aliphatic hydroxyl groups excluding tert-OH is 3. The predicted molar refractivity (Wildman–Crippen MR) is 37.7 cm³/mol. The second-order valence-electron chi connectivity index (χ2n) is 2.47. The van der Waals surface area contributed by atoms with Gasteiger partial charge >= 0.3 is 5.97 Å². The maximum absolute atomic E-state index is 10.2. The summed E-state index contributed by atoms with van der Waals surface area (Å²) in [6.07, 6.45) is -4.77. The Morgan fingerprint density at radius 3 is 2.15 bits per heavy atom. The average molecular weight is 194 g/mol. The zero-order valence-corrected chi connectivity index (χ0v) is 6.49. The number of hydrogen-bond donors (Lipinski definition) is 5. The molecule has 0 rings (SSSR count). The van der Waals surface area contributed by atoms with Gasteiger partial charge in [0.2, 0.25) is 0 Å². The van der Waals surface area contributed by atoms with E-state index in [0.717, 1.165) is 0 Å². The van der Waals surface area contributed by atoms with Gasteiger partial charge in [0.05, 0.1) is 6.61 Å². The van der Waals surface area contributed by atoms with Crippen LogP contribution in [0.5, 0.6) is 0 Å². The molecule has 0 saturated carbocycles. The fraction of sp³-hybridized carbons (Fsp3) is 0.667. The number of aliphatic carboxylic acids is 1. The number of aldehydes is 1. The molecule has 0 radical (unpaired) electrons. The Bertz CT molecular complexity index is 203. The van der Waals surface area contributed by atoms with Crippen molar-refractivity contribution in [2.24, 2.45) is 0 Å². The number of carbonyl (C=O) groups excluding carboxylic acids is 1. The lowest BCUT2D eigenvalue weighted by Gasteiger charge is -2.30. The molecule has 0 fully saturated rings. The van der Waals surface area contributed by atoms with Crippen molar-refractivity contribution in [3.05, 3.63) is 0 Å². The summed E-state index contributed by atoms with van der Waals surface area (Å²) in [5.41, 5.74) is -2.77. The highest BCUT2D eigenvalue weighted by Gasteiger charge is 2.46. The van der Waals surface area contributed by atoms with E-state index in [9.17, 15) is 9.59 Å². The Kier molecular flexibility index (Phi) is 3.95. The lowest BCUT2D eigenvalue weighted by molar-refractivity contribution is -0.188. The standard InChI is InChI=1S/C6H10O7/c7-1-3(9)6(13,2-8)4(10)5(11)12/h1,3-4,8-10,13H,2H2,(H,11,12)/t3-,4+,6-/m0/s1.